The van der Waals surface area contributed by atoms with Gasteiger partial charge in [-0.25, -0.2) is 4.79 Å². The van der Waals surface area contributed by atoms with Crippen molar-refractivity contribution in [1.82, 2.24) is 0 Å². The third-order valence-electron chi connectivity index (χ3n) is 1.97. The van der Waals surface area contributed by atoms with Gasteiger partial charge in [0.25, 0.3) is 0 Å². The second-order valence-electron chi connectivity index (χ2n) is 3.13. The molecule has 0 aromatic heterocycles. The average Bonchev–Trinajstić information content (AvgIpc) is 2.30. The number of nitrogens with two attached hydrogens (primary N) is 2. The number of carbonyl (C=O) groups excluding carboxylic acids is 1. The second-order valence-corrected chi connectivity index (χ2v) is 3.50. The molecule has 0 aliphatic carbocycles. The molecule has 7 nitrogen and oxygen atoms in total. The van der Waals surface area contributed by atoms with Crippen LogP contribution in [-0.2, 0) is 0 Å². The topological polar surface area (TPSA) is 112 Å². The molecule has 18 heavy (non-hydrogen) atoms. The highest BCUT2D eigenvalue weighted by atomic mass is 35.5. The molecule has 0 saturated carbocycles. The summed E-state index contributed by atoms with van der Waals surface area (Å²) in [6, 6.07) is 2.44. The summed E-state index contributed by atoms with van der Waals surface area (Å²) in [6.45, 7) is 0. The van der Waals surface area contributed by atoms with E-state index in [1.807, 2.05) is 0 Å². The Hall–Kier alpha value is -2.15. The Morgan fingerprint density at radius 1 is 1.28 bits per heavy atom. The molecule has 0 saturated heterocycles. The van der Waals surface area contributed by atoms with Gasteiger partial charge in [0.1, 0.15) is 22.2 Å². The Morgan fingerprint density at radius 2 is 1.83 bits per heavy atom. The van der Waals surface area contributed by atoms with Crippen LogP contribution in [0.5, 0.6) is 11.5 Å². The standard InChI is InChI=1S/C10H13ClN4O3/c1-17-5-3-4-6(18-2)8(7(5)11)14-10(16)15-9(12)13/h3-4H,1-2H3,(H5,12,13,14,15,16). The molecule has 1 rings (SSSR count). The Balaban J connectivity index is 3.13. The molecule has 0 heterocycles. The van der Waals surface area contributed by atoms with Gasteiger partial charge in [0.05, 0.1) is 14.2 Å². The molecule has 0 unspecified atom stereocenters. The quantitative estimate of drug-likeness (QED) is 0.565. The number of aliphatic imine (C=N–C) groups is 1. The van der Waals surface area contributed by atoms with E-state index in [2.05, 4.69) is 10.3 Å². The number of amides is 2. The second kappa shape index (κ2) is 5.97. The average molecular weight is 273 g/mol. The molecule has 8 heteroatoms. The number of anilines is 1. The summed E-state index contributed by atoms with van der Waals surface area (Å²) in [5.74, 6) is 0.392. The number of nitrogens with one attached hydrogen (secondary N) is 1. The lowest BCUT2D eigenvalue weighted by Crippen LogP contribution is -2.25. The molecule has 2 amide bonds. The lowest BCUT2D eigenvalue weighted by atomic mass is 10.2. The smallest absolute Gasteiger partial charge is 0.348 e. The van der Waals surface area contributed by atoms with Crippen LogP contribution in [-0.4, -0.2) is 26.2 Å². The first-order chi connectivity index (χ1) is 8.49. The fourth-order valence-electron chi connectivity index (χ4n) is 1.24. The molecular weight excluding hydrogens is 260 g/mol. The van der Waals surface area contributed by atoms with Crippen molar-refractivity contribution in [3.8, 4) is 11.5 Å². The maximum absolute atomic E-state index is 11.4. The molecule has 98 valence electrons. The number of benzene rings is 1. The van der Waals surface area contributed by atoms with Gasteiger partial charge in [0, 0.05) is 0 Å². The zero-order valence-electron chi connectivity index (χ0n) is 9.86. The number of methoxy groups -OCH3 is 2. The fraction of sp³-hybridized carbons (Fsp3) is 0.200. The van der Waals surface area contributed by atoms with Crippen molar-refractivity contribution in [3.63, 3.8) is 0 Å². The van der Waals surface area contributed by atoms with Gasteiger partial charge in [0.15, 0.2) is 5.96 Å². The van der Waals surface area contributed by atoms with Crippen LogP contribution in [0.3, 0.4) is 0 Å². The third-order valence-corrected chi connectivity index (χ3v) is 2.35. The summed E-state index contributed by atoms with van der Waals surface area (Å²) in [5.41, 5.74) is 10.4. The number of ether oxygens (including phenoxy) is 2. The van der Waals surface area contributed by atoms with E-state index in [4.69, 9.17) is 32.5 Å². The number of guanidine groups is 1. The molecule has 1 aromatic carbocycles. The fourth-order valence-corrected chi connectivity index (χ4v) is 1.52. The van der Waals surface area contributed by atoms with E-state index in [1.54, 1.807) is 12.1 Å². The van der Waals surface area contributed by atoms with Gasteiger partial charge in [-0.15, -0.1) is 0 Å². The van der Waals surface area contributed by atoms with Gasteiger partial charge < -0.3 is 26.3 Å². The summed E-state index contributed by atoms with van der Waals surface area (Å²) >= 11 is 6.04. The number of nitrogens with zero attached hydrogens (tertiary/aromatic N) is 1. The molecule has 0 bridgehead atoms. The third kappa shape index (κ3) is 3.17. The van der Waals surface area contributed by atoms with Gasteiger partial charge in [0.2, 0.25) is 0 Å². The molecule has 0 atom stereocenters. The molecule has 0 fully saturated rings. The van der Waals surface area contributed by atoms with Crippen LogP contribution in [0.4, 0.5) is 10.5 Å². The van der Waals surface area contributed by atoms with Crippen LogP contribution in [0.2, 0.25) is 5.02 Å². The van der Waals surface area contributed by atoms with Gasteiger partial charge >= 0.3 is 6.03 Å². The molecule has 5 N–H and O–H groups in total. The highest BCUT2D eigenvalue weighted by molar-refractivity contribution is 6.35. The van der Waals surface area contributed by atoms with E-state index in [0.717, 1.165) is 0 Å². The lowest BCUT2D eigenvalue weighted by Gasteiger charge is -2.13. The van der Waals surface area contributed by atoms with Gasteiger partial charge in [-0.2, -0.15) is 4.99 Å². The van der Waals surface area contributed by atoms with Crippen molar-refractivity contribution in [2.45, 2.75) is 0 Å². The maximum Gasteiger partial charge on any atom is 0.348 e. The highest BCUT2D eigenvalue weighted by Gasteiger charge is 2.15. The molecule has 0 radical (unpaired) electrons. The predicted octanol–water partition coefficient (Wildman–Crippen LogP) is 1.16. The van der Waals surface area contributed by atoms with Crippen molar-refractivity contribution in [2.24, 2.45) is 16.5 Å². The van der Waals surface area contributed by atoms with E-state index in [-0.39, 0.29) is 16.7 Å². The Bertz CT molecular complexity index is 486. The van der Waals surface area contributed by atoms with Gasteiger partial charge in [-0.1, -0.05) is 11.6 Å². The van der Waals surface area contributed by atoms with Crippen molar-refractivity contribution in [1.29, 1.82) is 0 Å². The van der Waals surface area contributed by atoms with E-state index < -0.39 is 6.03 Å². The number of halogens is 1. The first-order valence-electron chi connectivity index (χ1n) is 4.80. The molecule has 1 aromatic rings. The number of carbonyl (C=O) groups is 1. The van der Waals surface area contributed by atoms with Crippen molar-refractivity contribution in [3.05, 3.63) is 17.2 Å². The molecular formula is C10H13ClN4O3. The normalized spacial score (nSPS) is 9.50. The SMILES string of the molecule is COc1ccc(OC)c(NC(=O)N=C(N)N)c1Cl. The summed E-state index contributed by atoms with van der Waals surface area (Å²) in [4.78, 5) is 14.7. The van der Waals surface area contributed by atoms with Gasteiger partial charge in [-0.05, 0) is 12.1 Å². The van der Waals surface area contributed by atoms with Crippen LogP contribution < -0.4 is 26.3 Å². The highest BCUT2D eigenvalue weighted by Crippen LogP contribution is 2.39. The number of hydrogen-bond donors (Lipinski definition) is 3. The Kier molecular flexibility index (Phi) is 4.61. The van der Waals surface area contributed by atoms with E-state index in [9.17, 15) is 4.79 Å². The van der Waals surface area contributed by atoms with Crippen molar-refractivity contribution >= 4 is 29.3 Å². The van der Waals surface area contributed by atoms with E-state index >= 15 is 0 Å². The summed E-state index contributed by atoms with van der Waals surface area (Å²) in [7, 11) is 2.89. The Morgan fingerprint density at radius 3 is 2.33 bits per heavy atom. The summed E-state index contributed by atoms with van der Waals surface area (Å²) < 4.78 is 10.1. The first-order valence-corrected chi connectivity index (χ1v) is 5.18. The minimum absolute atomic E-state index is 0.191. The first kappa shape index (κ1) is 13.9. The zero-order valence-corrected chi connectivity index (χ0v) is 10.6. The zero-order chi connectivity index (χ0) is 13.7. The van der Waals surface area contributed by atoms with Gasteiger partial charge in [-0.3, -0.25) is 0 Å². The summed E-state index contributed by atoms with van der Waals surface area (Å²) in [5, 5.41) is 2.60. The van der Waals surface area contributed by atoms with Crippen molar-refractivity contribution < 1.29 is 14.3 Å². The monoisotopic (exact) mass is 272 g/mol. The minimum atomic E-state index is -0.761. The van der Waals surface area contributed by atoms with Crippen LogP contribution in [0.25, 0.3) is 0 Å². The van der Waals surface area contributed by atoms with Crippen LogP contribution in [0.1, 0.15) is 0 Å². The maximum atomic E-state index is 11.4. The van der Waals surface area contributed by atoms with E-state index in [0.29, 0.717) is 11.5 Å². The number of urea groups is 1. The minimum Gasteiger partial charge on any atom is -0.495 e. The largest absolute Gasteiger partial charge is 0.495 e. The lowest BCUT2D eigenvalue weighted by molar-refractivity contribution is 0.259. The van der Waals surface area contributed by atoms with Crippen LogP contribution >= 0.6 is 11.6 Å². The molecule has 0 aliphatic heterocycles. The van der Waals surface area contributed by atoms with Crippen LogP contribution in [0.15, 0.2) is 17.1 Å². The van der Waals surface area contributed by atoms with Crippen LogP contribution in [0, 0.1) is 0 Å². The van der Waals surface area contributed by atoms with E-state index in [1.165, 1.54) is 14.2 Å². The summed E-state index contributed by atoms with van der Waals surface area (Å²) in [6.07, 6.45) is 0. The molecule has 0 aliphatic rings. The number of hydrogen-bond acceptors (Lipinski definition) is 3. The number of rotatable bonds is 3. The van der Waals surface area contributed by atoms with Crippen molar-refractivity contribution in [2.75, 3.05) is 19.5 Å². The predicted molar refractivity (Wildman–Crippen MR) is 69.4 cm³/mol. The Labute approximate surface area is 109 Å². The molecule has 0 spiro atoms.